The van der Waals surface area contributed by atoms with E-state index in [1.165, 1.54) is 4.90 Å². The number of furan rings is 1. The molecule has 2 rings (SSSR count). The standard InChI is InChI=1S/C13H20F3N3O/c1-10(17)12(11-3-2-8-20-11)19-6-4-18(5-7-19)9-13(14,15)16/h2-3,8,10,12H,4-7,9,17H2,1H3. The summed E-state index contributed by atoms with van der Waals surface area (Å²) < 4.78 is 42.5. The highest BCUT2D eigenvalue weighted by Gasteiger charge is 2.34. The van der Waals surface area contributed by atoms with Crippen LogP contribution in [0.25, 0.3) is 0 Å². The van der Waals surface area contributed by atoms with Gasteiger partial charge in [0.05, 0.1) is 18.8 Å². The Morgan fingerprint density at radius 1 is 1.30 bits per heavy atom. The Balaban J connectivity index is 1.95. The van der Waals surface area contributed by atoms with Crippen LogP contribution < -0.4 is 5.73 Å². The predicted octanol–water partition coefficient (Wildman–Crippen LogP) is 1.85. The van der Waals surface area contributed by atoms with Gasteiger partial charge in [-0.2, -0.15) is 13.2 Å². The van der Waals surface area contributed by atoms with Crippen LogP contribution in [0.3, 0.4) is 0 Å². The van der Waals surface area contributed by atoms with Crippen molar-refractivity contribution in [3.63, 3.8) is 0 Å². The molecule has 2 atom stereocenters. The first-order chi connectivity index (χ1) is 9.37. The highest BCUT2D eigenvalue weighted by atomic mass is 19.4. The molecule has 0 saturated carbocycles. The van der Waals surface area contributed by atoms with E-state index in [0.29, 0.717) is 26.2 Å². The lowest BCUT2D eigenvalue weighted by Crippen LogP contribution is -2.52. The van der Waals surface area contributed by atoms with E-state index in [9.17, 15) is 13.2 Å². The summed E-state index contributed by atoms with van der Waals surface area (Å²) in [6.45, 7) is 2.94. The summed E-state index contributed by atoms with van der Waals surface area (Å²) in [6, 6.07) is 3.43. The second-order valence-electron chi connectivity index (χ2n) is 5.25. The number of hydrogen-bond acceptors (Lipinski definition) is 4. The van der Waals surface area contributed by atoms with E-state index in [1.807, 2.05) is 13.0 Å². The fourth-order valence-corrected chi connectivity index (χ4v) is 2.68. The zero-order valence-corrected chi connectivity index (χ0v) is 11.4. The summed E-state index contributed by atoms with van der Waals surface area (Å²) in [6.07, 6.45) is -2.55. The first-order valence-corrected chi connectivity index (χ1v) is 6.69. The van der Waals surface area contributed by atoms with Crippen LogP contribution in [-0.2, 0) is 0 Å². The predicted molar refractivity (Wildman–Crippen MR) is 69.2 cm³/mol. The van der Waals surface area contributed by atoms with Crippen LogP contribution in [0.15, 0.2) is 22.8 Å². The van der Waals surface area contributed by atoms with Gasteiger partial charge in [-0.1, -0.05) is 0 Å². The smallest absolute Gasteiger partial charge is 0.401 e. The van der Waals surface area contributed by atoms with Gasteiger partial charge in [0.2, 0.25) is 0 Å². The van der Waals surface area contributed by atoms with Crippen LogP contribution in [0.2, 0.25) is 0 Å². The highest BCUT2D eigenvalue weighted by Crippen LogP contribution is 2.26. The Hall–Kier alpha value is -1.05. The number of halogens is 3. The lowest BCUT2D eigenvalue weighted by atomic mass is 10.1. The second kappa shape index (κ2) is 6.15. The highest BCUT2D eigenvalue weighted by molar-refractivity contribution is 5.08. The average Bonchev–Trinajstić information content (AvgIpc) is 2.83. The summed E-state index contributed by atoms with van der Waals surface area (Å²) in [5.41, 5.74) is 6.00. The van der Waals surface area contributed by atoms with Crippen molar-refractivity contribution >= 4 is 0 Å². The topological polar surface area (TPSA) is 45.6 Å². The third kappa shape index (κ3) is 3.97. The maximum Gasteiger partial charge on any atom is 0.401 e. The number of nitrogens with two attached hydrogens (primary N) is 1. The quantitative estimate of drug-likeness (QED) is 0.919. The third-order valence-electron chi connectivity index (χ3n) is 3.54. The zero-order valence-electron chi connectivity index (χ0n) is 11.4. The van der Waals surface area contributed by atoms with E-state index in [-0.39, 0.29) is 12.1 Å². The molecular weight excluding hydrogens is 271 g/mol. The van der Waals surface area contributed by atoms with Crippen molar-refractivity contribution in [2.75, 3.05) is 32.7 Å². The van der Waals surface area contributed by atoms with Crippen molar-refractivity contribution in [2.45, 2.75) is 25.2 Å². The Morgan fingerprint density at radius 2 is 1.95 bits per heavy atom. The van der Waals surface area contributed by atoms with Gasteiger partial charge in [-0.3, -0.25) is 9.80 Å². The Bertz CT molecular complexity index is 397. The van der Waals surface area contributed by atoms with Gasteiger partial charge in [-0.05, 0) is 19.1 Å². The third-order valence-corrected chi connectivity index (χ3v) is 3.54. The van der Waals surface area contributed by atoms with Crippen molar-refractivity contribution in [3.8, 4) is 0 Å². The minimum absolute atomic E-state index is 0.0852. The van der Waals surface area contributed by atoms with E-state index in [2.05, 4.69) is 4.90 Å². The fraction of sp³-hybridized carbons (Fsp3) is 0.692. The zero-order chi connectivity index (χ0) is 14.8. The van der Waals surface area contributed by atoms with Crippen molar-refractivity contribution in [1.29, 1.82) is 0 Å². The van der Waals surface area contributed by atoms with Gasteiger partial charge in [0.1, 0.15) is 5.76 Å². The number of alkyl halides is 3. The molecule has 0 aromatic carbocycles. The molecule has 2 N–H and O–H groups in total. The maximum absolute atomic E-state index is 12.4. The fourth-order valence-electron chi connectivity index (χ4n) is 2.68. The summed E-state index contributed by atoms with van der Waals surface area (Å²) >= 11 is 0. The lowest BCUT2D eigenvalue weighted by molar-refractivity contribution is -0.150. The van der Waals surface area contributed by atoms with Gasteiger partial charge >= 0.3 is 6.18 Å². The molecule has 0 aliphatic carbocycles. The molecule has 2 unspecified atom stereocenters. The molecule has 1 aromatic rings. The van der Waals surface area contributed by atoms with Gasteiger partial charge in [-0.25, -0.2) is 0 Å². The second-order valence-corrected chi connectivity index (χ2v) is 5.25. The molecule has 1 saturated heterocycles. The van der Waals surface area contributed by atoms with Crippen molar-refractivity contribution in [3.05, 3.63) is 24.2 Å². The molecule has 0 amide bonds. The molecule has 1 fully saturated rings. The average molecular weight is 291 g/mol. The minimum Gasteiger partial charge on any atom is -0.468 e. The molecule has 0 spiro atoms. The van der Waals surface area contributed by atoms with Gasteiger partial charge in [-0.15, -0.1) is 0 Å². The van der Waals surface area contributed by atoms with E-state index >= 15 is 0 Å². The van der Waals surface area contributed by atoms with Gasteiger partial charge in [0, 0.05) is 32.2 Å². The van der Waals surface area contributed by atoms with E-state index < -0.39 is 12.7 Å². The SMILES string of the molecule is CC(N)C(c1ccco1)N1CCN(CC(F)(F)F)CC1. The van der Waals surface area contributed by atoms with Crippen LogP contribution in [0, 0.1) is 0 Å². The molecule has 2 heterocycles. The number of rotatable bonds is 4. The van der Waals surface area contributed by atoms with Crippen molar-refractivity contribution in [1.82, 2.24) is 9.80 Å². The van der Waals surface area contributed by atoms with Crippen molar-refractivity contribution in [2.24, 2.45) is 5.73 Å². The first kappa shape index (κ1) is 15.3. The van der Waals surface area contributed by atoms with Crippen LogP contribution in [0.5, 0.6) is 0 Å². The molecule has 114 valence electrons. The largest absolute Gasteiger partial charge is 0.468 e. The normalized spacial score (nSPS) is 21.9. The summed E-state index contributed by atoms with van der Waals surface area (Å²) in [4.78, 5) is 3.52. The molecule has 1 aromatic heterocycles. The van der Waals surface area contributed by atoms with Crippen LogP contribution in [-0.4, -0.2) is 54.7 Å². The Morgan fingerprint density at radius 3 is 2.40 bits per heavy atom. The van der Waals surface area contributed by atoms with E-state index in [0.717, 1.165) is 5.76 Å². The molecular formula is C13H20F3N3O. The van der Waals surface area contributed by atoms with Crippen molar-refractivity contribution < 1.29 is 17.6 Å². The Kier molecular flexibility index (Phi) is 4.72. The lowest BCUT2D eigenvalue weighted by Gasteiger charge is -2.40. The summed E-state index contributed by atoms with van der Waals surface area (Å²) in [7, 11) is 0. The molecule has 7 heteroatoms. The van der Waals surface area contributed by atoms with Gasteiger partial charge in [0.25, 0.3) is 0 Å². The minimum atomic E-state index is -4.14. The summed E-state index contributed by atoms with van der Waals surface area (Å²) in [5, 5.41) is 0. The number of hydrogen-bond donors (Lipinski definition) is 1. The van der Waals surface area contributed by atoms with Crippen LogP contribution in [0.4, 0.5) is 13.2 Å². The Labute approximate surface area is 116 Å². The van der Waals surface area contributed by atoms with Gasteiger partial charge < -0.3 is 10.2 Å². The number of nitrogens with zero attached hydrogens (tertiary/aromatic N) is 2. The molecule has 4 nitrogen and oxygen atoms in total. The van der Waals surface area contributed by atoms with Crippen LogP contribution >= 0.6 is 0 Å². The molecule has 1 aliphatic heterocycles. The monoisotopic (exact) mass is 291 g/mol. The first-order valence-electron chi connectivity index (χ1n) is 6.69. The molecule has 0 bridgehead atoms. The number of piperazine rings is 1. The molecule has 0 radical (unpaired) electrons. The van der Waals surface area contributed by atoms with Crippen LogP contribution in [0.1, 0.15) is 18.7 Å². The van der Waals surface area contributed by atoms with E-state index in [4.69, 9.17) is 10.2 Å². The summed E-state index contributed by atoms with van der Waals surface area (Å²) in [5.74, 6) is 0.768. The molecule has 1 aliphatic rings. The molecule has 20 heavy (non-hydrogen) atoms. The maximum atomic E-state index is 12.4. The van der Waals surface area contributed by atoms with E-state index in [1.54, 1.807) is 12.3 Å². The van der Waals surface area contributed by atoms with Gasteiger partial charge in [0.15, 0.2) is 0 Å².